The average Bonchev–Trinajstić information content (AvgIpc) is 3.40. The predicted molar refractivity (Wildman–Crippen MR) is 114 cm³/mol. The minimum atomic E-state index is 0.462. The highest BCUT2D eigenvalue weighted by Gasteiger charge is 2.23. The van der Waals surface area contributed by atoms with Crippen LogP contribution in [-0.4, -0.2) is 33.4 Å². The van der Waals surface area contributed by atoms with Gasteiger partial charge >= 0.3 is 0 Å². The van der Waals surface area contributed by atoms with Gasteiger partial charge in [-0.25, -0.2) is 4.98 Å². The number of aromatic nitrogens is 3. The summed E-state index contributed by atoms with van der Waals surface area (Å²) < 4.78 is 1.70. The monoisotopic (exact) mass is 393 g/mol. The molecular weight excluding hydrogens is 370 g/mol. The van der Waals surface area contributed by atoms with Crippen LogP contribution in [0.25, 0.3) is 5.65 Å². The van der Waals surface area contributed by atoms with E-state index in [1.807, 2.05) is 6.07 Å². The zero-order valence-electron chi connectivity index (χ0n) is 15.8. The third-order valence-electron chi connectivity index (χ3n) is 4.71. The second kappa shape index (κ2) is 8.09. The summed E-state index contributed by atoms with van der Waals surface area (Å²) in [5.74, 6) is 2.47. The molecule has 4 N–H and O–H groups in total. The van der Waals surface area contributed by atoms with Crippen molar-refractivity contribution in [1.29, 1.82) is 5.26 Å². The van der Waals surface area contributed by atoms with E-state index in [1.165, 1.54) is 11.1 Å². The smallest absolute Gasteiger partial charge is 0.177 e. The van der Waals surface area contributed by atoms with Crippen molar-refractivity contribution < 1.29 is 0 Å². The van der Waals surface area contributed by atoms with Crippen LogP contribution < -0.4 is 16.4 Å². The number of rotatable bonds is 8. The van der Waals surface area contributed by atoms with Gasteiger partial charge in [-0.15, -0.1) is 0 Å². The van der Waals surface area contributed by atoms with Crippen LogP contribution in [0.2, 0.25) is 0 Å². The number of nitrogens with one attached hydrogen (secondary N) is 2. The van der Waals surface area contributed by atoms with Crippen LogP contribution in [0.1, 0.15) is 29.5 Å². The van der Waals surface area contributed by atoms with E-state index in [0.29, 0.717) is 29.6 Å². The largest absolute Gasteiger partial charge is 0.367 e. The van der Waals surface area contributed by atoms with Crippen LogP contribution in [0.15, 0.2) is 30.5 Å². The minimum absolute atomic E-state index is 0.462. The lowest BCUT2D eigenvalue weighted by atomic mass is 10.0. The topological polar surface area (TPSA) is 104 Å². The van der Waals surface area contributed by atoms with Crippen LogP contribution in [0.3, 0.4) is 0 Å². The van der Waals surface area contributed by atoms with Gasteiger partial charge in [0.15, 0.2) is 5.65 Å². The molecule has 0 amide bonds. The van der Waals surface area contributed by atoms with E-state index in [4.69, 9.17) is 5.73 Å². The normalized spacial score (nSPS) is 13.5. The third-order valence-corrected chi connectivity index (χ3v) is 5.31. The Morgan fingerprint density at radius 3 is 2.89 bits per heavy atom. The molecule has 1 aliphatic rings. The molecule has 1 aliphatic carbocycles. The van der Waals surface area contributed by atoms with E-state index < -0.39 is 0 Å². The fourth-order valence-electron chi connectivity index (χ4n) is 3.19. The Morgan fingerprint density at radius 2 is 2.18 bits per heavy atom. The van der Waals surface area contributed by atoms with E-state index in [2.05, 4.69) is 51.2 Å². The van der Waals surface area contributed by atoms with Crippen molar-refractivity contribution in [1.82, 2.24) is 14.6 Å². The van der Waals surface area contributed by atoms with E-state index in [9.17, 15) is 5.26 Å². The number of nitriles is 1. The summed E-state index contributed by atoms with van der Waals surface area (Å²) in [7, 11) is 0. The lowest BCUT2D eigenvalue weighted by Crippen LogP contribution is -2.09. The van der Waals surface area contributed by atoms with Gasteiger partial charge in [-0.3, -0.25) is 0 Å². The van der Waals surface area contributed by atoms with Crippen molar-refractivity contribution in [2.45, 2.75) is 31.1 Å². The molecule has 0 spiro atoms. The molecule has 0 unspecified atom stereocenters. The summed E-state index contributed by atoms with van der Waals surface area (Å²) in [6, 6.07) is 10.9. The van der Waals surface area contributed by atoms with Crippen molar-refractivity contribution in [3.63, 3.8) is 0 Å². The first-order valence-corrected chi connectivity index (χ1v) is 10.7. The molecule has 0 bridgehead atoms. The lowest BCUT2D eigenvalue weighted by Gasteiger charge is -2.14. The van der Waals surface area contributed by atoms with Gasteiger partial charge in [0, 0.05) is 23.5 Å². The Bertz CT molecular complexity index is 1030. The Hall–Kier alpha value is -2.76. The Kier molecular flexibility index (Phi) is 5.37. The van der Waals surface area contributed by atoms with Gasteiger partial charge < -0.3 is 16.4 Å². The van der Waals surface area contributed by atoms with Crippen LogP contribution >= 0.6 is 11.8 Å². The van der Waals surface area contributed by atoms with Crippen molar-refractivity contribution in [2.24, 2.45) is 5.73 Å². The average molecular weight is 394 g/mol. The maximum Gasteiger partial charge on any atom is 0.177 e. The Labute approximate surface area is 168 Å². The highest BCUT2D eigenvalue weighted by Crippen LogP contribution is 2.28. The molecule has 1 saturated carbocycles. The lowest BCUT2D eigenvalue weighted by molar-refractivity contribution is 0.926. The maximum absolute atomic E-state index is 9.37. The molecule has 8 heteroatoms. The van der Waals surface area contributed by atoms with Crippen molar-refractivity contribution in [2.75, 3.05) is 23.4 Å². The number of nitrogens with two attached hydrogens (primary N) is 1. The second-order valence-electron chi connectivity index (χ2n) is 6.93. The number of hydrogen-bond donors (Lipinski definition) is 3. The van der Waals surface area contributed by atoms with E-state index in [-0.39, 0.29) is 0 Å². The van der Waals surface area contributed by atoms with Crippen LogP contribution in [0.5, 0.6) is 0 Å². The van der Waals surface area contributed by atoms with E-state index >= 15 is 0 Å². The molecule has 2 aromatic heterocycles. The van der Waals surface area contributed by atoms with Gasteiger partial charge in [0.1, 0.15) is 23.3 Å². The van der Waals surface area contributed by atoms with Crippen molar-refractivity contribution in [3.8, 4) is 6.07 Å². The summed E-state index contributed by atoms with van der Waals surface area (Å²) >= 11 is 1.79. The first-order valence-electron chi connectivity index (χ1n) is 9.35. The molecular formula is C20H23N7S. The molecule has 1 aromatic carbocycles. The SMILES string of the molecule is CSCc1cc(Nc2cc(NC3CC3)n3ncc(C#N)c3n2)ccc1CCN. The number of fused-ring (bicyclic) bond motifs is 1. The molecule has 0 atom stereocenters. The van der Waals surface area contributed by atoms with Gasteiger partial charge in [0.2, 0.25) is 0 Å². The zero-order valence-corrected chi connectivity index (χ0v) is 16.6. The molecule has 2 heterocycles. The molecule has 0 aliphatic heterocycles. The Balaban J connectivity index is 1.69. The number of hydrogen-bond acceptors (Lipinski definition) is 7. The number of anilines is 3. The van der Waals surface area contributed by atoms with Crippen molar-refractivity contribution >= 4 is 34.7 Å². The number of benzene rings is 1. The molecule has 144 valence electrons. The summed E-state index contributed by atoms with van der Waals surface area (Å²) in [5.41, 5.74) is 10.3. The highest BCUT2D eigenvalue weighted by molar-refractivity contribution is 7.97. The number of thioether (sulfide) groups is 1. The van der Waals surface area contributed by atoms with Gasteiger partial charge in [-0.05, 0) is 55.3 Å². The first-order chi connectivity index (χ1) is 13.7. The standard InChI is InChI=1S/C20H23N7S/c1-28-12-14-8-17(3-2-13(14)6-7-21)24-18-9-19(25-16-4-5-16)27-20(26-18)15(10-22)11-23-27/h2-3,8-9,11,16,25H,4-7,12,21H2,1H3,(H,24,26). The van der Waals surface area contributed by atoms with Gasteiger partial charge in [-0.2, -0.15) is 26.6 Å². The van der Waals surface area contributed by atoms with E-state index in [1.54, 1.807) is 22.5 Å². The van der Waals surface area contributed by atoms with Crippen LogP contribution in [0.4, 0.5) is 17.3 Å². The summed E-state index contributed by atoms with van der Waals surface area (Å²) in [6.07, 6.45) is 6.83. The zero-order chi connectivity index (χ0) is 19.5. The molecule has 4 rings (SSSR count). The molecule has 28 heavy (non-hydrogen) atoms. The molecule has 7 nitrogen and oxygen atoms in total. The predicted octanol–water partition coefficient (Wildman–Crippen LogP) is 3.28. The molecule has 1 fully saturated rings. The quantitative estimate of drug-likeness (QED) is 0.539. The third kappa shape index (κ3) is 3.91. The summed E-state index contributed by atoms with van der Waals surface area (Å²) in [4.78, 5) is 4.63. The molecule has 0 saturated heterocycles. The van der Waals surface area contributed by atoms with E-state index in [0.717, 1.165) is 36.5 Å². The highest BCUT2D eigenvalue weighted by atomic mass is 32.2. The fraction of sp³-hybridized carbons (Fsp3) is 0.350. The summed E-state index contributed by atoms with van der Waals surface area (Å²) in [6.45, 7) is 0.640. The van der Waals surface area contributed by atoms with Gasteiger partial charge in [0.25, 0.3) is 0 Å². The number of nitrogens with zero attached hydrogens (tertiary/aromatic N) is 4. The molecule has 3 aromatic rings. The van der Waals surface area contributed by atoms with Crippen LogP contribution in [-0.2, 0) is 12.2 Å². The summed E-state index contributed by atoms with van der Waals surface area (Å²) in [5, 5.41) is 20.6. The minimum Gasteiger partial charge on any atom is -0.367 e. The first kappa shape index (κ1) is 18.6. The van der Waals surface area contributed by atoms with Crippen LogP contribution in [0, 0.1) is 11.3 Å². The fourth-order valence-corrected chi connectivity index (χ4v) is 3.77. The van der Waals surface area contributed by atoms with Gasteiger partial charge in [-0.1, -0.05) is 6.07 Å². The Morgan fingerprint density at radius 1 is 1.32 bits per heavy atom. The maximum atomic E-state index is 9.37. The second-order valence-corrected chi connectivity index (χ2v) is 7.80. The molecule has 0 radical (unpaired) electrons. The van der Waals surface area contributed by atoms with Gasteiger partial charge in [0.05, 0.1) is 6.20 Å². The van der Waals surface area contributed by atoms with Crippen molar-refractivity contribution in [3.05, 3.63) is 47.2 Å².